The standard InChI is InChI=1S/C14H16ClN3OS2.ClH/c1-8-12(13(19)17-7-9-3-2-6-16-9)21-14(18-8)10-4-5-11(15)20-10;/h4-5,9,16H,2-3,6-7H2,1H3,(H,17,19);1H. The number of rotatable bonds is 4. The monoisotopic (exact) mass is 377 g/mol. The summed E-state index contributed by atoms with van der Waals surface area (Å²) in [5, 5.41) is 7.23. The first-order valence-corrected chi connectivity index (χ1v) is 8.89. The van der Waals surface area contributed by atoms with Crippen LogP contribution in [0.3, 0.4) is 0 Å². The third-order valence-electron chi connectivity index (χ3n) is 3.46. The lowest BCUT2D eigenvalue weighted by Gasteiger charge is -2.10. The van der Waals surface area contributed by atoms with Crippen molar-refractivity contribution in [3.63, 3.8) is 0 Å². The van der Waals surface area contributed by atoms with Gasteiger partial charge in [-0.3, -0.25) is 4.79 Å². The first kappa shape index (κ1) is 17.7. The number of amides is 1. The molecule has 3 heterocycles. The summed E-state index contributed by atoms with van der Waals surface area (Å²) in [6.45, 7) is 3.59. The molecule has 4 nitrogen and oxygen atoms in total. The van der Waals surface area contributed by atoms with Crippen LogP contribution in [0.2, 0.25) is 4.34 Å². The average molecular weight is 378 g/mol. The van der Waals surface area contributed by atoms with E-state index in [1.807, 2.05) is 19.1 Å². The third-order valence-corrected chi connectivity index (χ3v) is 6.01. The van der Waals surface area contributed by atoms with Crippen molar-refractivity contribution in [2.45, 2.75) is 25.8 Å². The Morgan fingerprint density at radius 3 is 2.95 bits per heavy atom. The van der Waals surface area contributed by atoms with Crippen LogP contribution in [0.25, 0.3) is 9.88 Å². The van der Waals surface area contributed by atoms with Crippen LogP contribution in [-0.2, 0) is 0 Å². The molecule has 3 rings (SSSR count). The molecule has 0 aromatic carbocycles. The maximum Gasteiger partial charge on any atom is 0.263 e. The second-order valence-electron chi connectivity index (χ2n) is 5.04. The van der Waals surface area contributed by atoms with Gasteiger partial charge in [0.05, 0.1) is 14.9 Å². The largest absolute Gasteiger partial charge is 0.350 e. The van der Waals surface area contributed by atoms with Gasteiger partial charge in [0.15, 0.2) is 0 Å². The van der Waals surface area contributed by atoms with Crippen molar-refractivity contribution in [2.24, 2.45) is 0 Å². The zero-order valence-corrected chi connectivity index (χ0v) is 15.2. The highest BCUT2D eigenvalue weighted by atomic mass is 35.5. The molecule has 120 valence electrons. The molecule has 1 aliphatic heterocycles. The van der Waals surface area contributed by atoms with Gasteiger partial charge in [-0.15, -0.1) is 35.1 Å². The highest BCUT2D eigenvalue weighted by molar-refractivity contribution is 7.24. The minimum atomic E-state index is -0.0346. The van der Waals surface area contributed by atoms with E-state index in [0.717, 1.165) is 32.9 Å². The lowest BCUT2D eigenvalue weighted by atomic mass is 10.2. The Morgan fingerprint density at radius 2 is 2.32 bits per heavy atom. The van der Waals surface area contributed by atoms with Gasteiger partial charge >= 0.3 is 0 Å². The van der Waals surface area contributed by atoms with E-state index in [9.17, 15) is 4.79 Å². The number of aryl methyl sites for hydroxylation is 1. The summed E-state index contributed by atoms with van der Waals surface area (Å²) in [4.78, 5) is 18.5. The molecular formula is C14H17Cl2N3OS2. The molecule has 1 unspecified atom stereocenters. The molecule has 0 aliphatic carbocycles. The fraction of sp³-hybridized carbons (Fsp3) is 0.429. The molecule has 1 fully saturated rings. The maximum atomic E-state index is 12.3. The minimum absolute atomic E-state index is 0. The molecule has 0 spiro atoms. The molecule has 0 saturated carbocycles. The van der Waals surface area contributed by atoms with Gasteiger partial charge in [0.1, 0.15) is 9.88 Å². The van der Waals surface area contributed by atoms with E-state index in [1.54, 1.807) is 0 Å². The van der Waals surface area contributed by atoms with Gasteiger partial charge in [-0.1, -0.05) is 11.6 Å². The van der Waals surface area contributed by atoms with E-state index in [0.29, 0.717) is 17.5 Å². The second-order valence-corrected chi connectivity index (χ2v) is 7.75. The molecule has 1 atom stereocenters. The van der Waals surface area contributed by atoms with Gasteiger partial charge in [0.2, 0.25) is 0 Å². The summed E-state index contributed by atoms with van der Waals surface area (Å²) in [6.07, 6.45) is 2.31. The molecule has 2 N–H and O–H groups in total. The molecule has 0 bridgehead atoms. The molecule has 1 saturated heterocycles. The van der Waals surface area contributed by atoms with Crippen LogP contribution < -0.4 is 10.6 Å². The highest BCUT2D eigenvalue weighted by Crippen LogP contribution is 2.34. The van der Waals surface area contributed by atoms with E-state index in [4.69, 9.17) is 11.6 Å². The number of thiazole rings is 1. The first-order chi connectivity index (χ1) is 10.1. The summed E-state index contributed by atoms with van der Waals surface area (Å²) >= 11 is 8.86. The normalized spacial score (nSPS) is 17.3. The van der Waals surface area contributed by atoms with Crippen LogP contribution >= 0.6 is 46.7 Å². The summed E-state index contributed by atoms with van der Waals surface area (Å²) in [6, 6.07) is 4.19. The molecule has 8 heteroatoms. The van der Waals surface area contributed by atoms with Gasteiger partial charge in [0.25, 0.3) is 5.91 Å². The number of halogens is 2. The molecule has 1 aliphatic rings. The Bertz CT molecular complexity index is 650. The van der Waals surface area contributed by atoms with E-state index in [1.165, 1.54) is 29.1 Å². The van der Waals surface area contributed by atoms with Crippen LogP contribution in [0, 0.1) is 6.92 Å². The smallest absolute Gasteiger partial charge is 0.263 e. The van der Waals surface area contributed by atoms with Gasteiger partial charge in [-0.2, -0.15) is 0 Å². The van der Waals surface area contributed by atoms with Crippen LogP contribution in [0.4, 0.5) is 0 Å². The Labute approximate surface area is 148 Å². The molecule has 0 radical (unpaired) electrons. The molecule has 22 heavy (non-hydrogen) atoms. The number of hydrogen-bond acceptors (Lipinski definition) is 5. The molecular weight excluding hydrogens is 361 g/mol. The van der Waals surface area contributed by atoms with Crippen molar-refractivity contribution in [3.05, 3.63) is 27.0 Å². The Morgan fingerprint density at radius 1 is 1.50 bits per heavy atom. The van der Waals surface area contributed by atoms with Crippen LogP contribution in [-0.4, -0.2) is 30.0 Å². The van der Waals surface area contributed by atoms with Crippen molar-refractivity contribution in [2.75, 3.05) is 13.1 Å². The summed E-state index contributed by atoms with van der Waals surface area (Å²) in [5.74, 6) is -0.0346. The summed E-state index contributed by atoms with van der Waals surface area (Å²) in [7, 11) is 0. The van der Waals surface area contributed by atoms with Crippen LogP contribution in [0.5, 0.6) is 0 Å². The predicted molar refractivity (Wildman–Crippen MR) is 95.8 cm³/mol. The number of nitrogens with zero attached hydrogens (tertiary/aromatic N) is 1. The zero-order chi connectivity index (χ0) is 14.8. The number of aromatic nitrogens is 1. The van der Waals surface area contributed by atoms with Crippen molar-refractivity contribution in [1.82, 2.24) is 15.6 Å². The minimum Gasteiger partial charge on any atom is -0.350 e. The average Bonchev–Trinajstić information content (AvgIpc) is 3.16. The van der Waals surface area contributed by atoms with Crippen molar-refractivity contribution in [3.8, 4) is 9.88 Å². The number of carbonyl (C=O) groups is 1. The Balaban J connectivity index is 0.00000176. The number of carbonyl (C=O) groups excluding carboxylic acids is 1. The van der Waals surface area contributed by atoms with E-state index in [-0.39, 0.29) is 18.3 Å². The SMILES string of the molecule is Cc1nc(-c2ccc(Cl)s2)sc1C(=O)NCC1CCCN1.Cl. The third kappa shape index (κ3) is 4.00. The summed E-state index contributed by atoms with van der Waals surface area (Å²) in [5.41, 5.74) is 0.774. The number of hydrogen-bond donors (Lipinski definition) is 2. The quantitative estimate of drug-likeness (QED) is 0.852. The molecule has 1 amide bonds. The molecule has 2 aromatic rings. The van der Waals surface area contributed by atoms with Gasteiger partial charge in [0, 0.05) is 12.6 Å². The lowest BCUT2D eigenvalue weighted by Crippen LogP contribution is -2.37. The van der Waals surface area contributed by atoms with Gasteiger partial charge < -0.3 is 10.6 Å². The zero-order valence-electron chi connectivity index (χ0n) is 12.0. The predicted octanol–water partition coefficient (Wildman–Crippen LogP) is 3.74. The van der Waals surface area contributed by atoms with E-state index >= 15 is 0 Å². The van der Waals surface area contributed by atoms with Gasteiger partial charge in [-0.05, 0) is 38.4 Å². The van der Waals surface area contributed by atoms with Crippen molar-refractivity contribution < 1.29 is 4.79 Å². The highest BCUT2D eigenvalue weighted by Gasteiger charge is 2.19. The van der Waals surface area contributed by atoms with Crippen LogP contribution in [0.15, 0.2) is 12.1 Å². The number of thiophene rings is 1. The van der Waals surface area contributed by atoms with Gasteiger partial charge in [-0.25, -0.2) is 4.98 Å². The topological polar surface area (TPSA) is 54.0 Å². The fourth-order valence-electron chi connectivity index (χ4n) is 2.37. The van der Waals surface area contributed by atoms with E-state index in [2.05, 4.69) is 15.6 Å². The Kier molecular flexibility index (Phi) is 6.23. The lowest BCUT2D eigenvalue weighted by molar-refractivity contribution is 0.0953. The van der Waals surface area contributed by atoms with Crippen molar-refractivity contribution in [1.29, 1.82) is 0 Å². The fourth-order valence-corrected chi connectivity index (χ4v) is 4.45. The first-order valence-electron chi connectivity index (χ1n) is 6.88. The summed E-state index contributed by atoms with van der Waals surface area (Å²) < 4.78 is 0.733. The second kappa shape index (κ2) is 7.75. The van der Waals surface area contributed by atoms with E-state index < -0.39 is 0 Å². The molecule has 2 aromatic heterocycles. The number of nitrogens with one attached hydrogen (secondary N) is 2. The maximum absolute atomic E-state index is 12.3. The van der Waals surface area contributed by atoms with Crippen LogP contribution in [0.1, 0.15) is 28.2 Å². The van der Waals surface area contributed by atoms with Crippen molar-refractivity contribution >= 4 is 52.6 Å². The Hall–Kier alpha value is -0.660.